The van der Waals surface area contributed by atoms with E-state index in [1.54, 1.807) is 6.07 Å². The first-order valence-corrected chi connectivity index (χ1v) is 9.15. The molecule has 0 bridgehead atoms. The predicted octanol–water partition coefficient (Wildman–Crippen LogP) is 3.52. The summed E-state index contributed by atoms with van der Waals surface area (Å²) in [6.45, 7) is 3.88. The first kappa shape index (κ1) is 15.3. The number of benzene rings is 2. The molecule has 0 fully saturated rings. The van der Waals surface area contributed by atoms with Gasteiger partial charge in [-0.2, -0.15) is 0 Å². The third-order valence-corrected chi connectivity index (χ3v) is 5.91. The third kappa shape index (κ3) is 2.94. The molecule has 1 unspecified atom stereocenters. The van der Waals surface area contributed by atoms with Crippen LogP contribution in [-0.2, 0) is 22.9 Å². The molecule has 1 atom stereocenters. The van der Waals surface area contributed by atoms with Crippen LogP contribution in [0.15, 0.2) is 47.4 Å². The zero-order chi connectivity index (χ0) is 15.7. The van der Waals surface area contributed by atoms with Crippen molar-refractivity contribution in [2.75, 3.05) is 0 Å². The molecule has 116 valence electrons. The molecule has 4 heteroatoms. The van der Waals surface area contributed by atoms with E-state index >= 15 is 0 Å². The Morgan fingerprint density at radius 2 is 1.77 bits per heavy atom. The van der Waals surface area contributed by atoms with Crippen LogP contribution in [0.3, 0.4) is 0 Å². The van der Waals surface area contributed by atoms with Gasteiger partial charge in [0.25, 0.3) is 0 Å². The minimum absolute atomic E-state index is 0.251. The maximum Gasteiger partial charge on any atom is 0.241 e. The molecule has 22 heavy (non-hydrogen) atoms. The second-order valence-corrected chi connectivity index (χ2v) is 7.70. The van der Waals surface area contributed by atoms with Gasteiger partial charge in [-0.1, -0.05) is 30.3 Å². The minimum atomic E-state index is -3.50. The van der Waals surface area contributed by atoms with E-state index in [4.69, 9.17) is 0 Å². The molecule has 3 rings (SSSR count). The minimum Gasteiger partial charge on any atom is -0.207 e. The fraction of sp³-hybridized carbons (Fsp3) is 0.333. The van der Waals surface area contributed by atoms with Crippen molar-refractivity contribution in [1.29, 1.82) is 0 Å². The van der Waals surface area contributed by atoms with Crippen molar-refractivity contribution in [3.05, 3.63) is 64.7 Å². The monoisotopic (exact) mass is 315 g/mol. The SMILES string of the molecule is Cc1ccccc1C(C)NS(=O)(=O)c1ccc2c(c1)CCC2. The van der Waals surface area contributed by atoms with Crippen molar-refractivity contribution < 1.29 is 8.42 Å². The highest BCUT2D eigenvalue weighted by Gasteiger charge is 2.21. The molecule has 0 spiro atoms. The second kappa shape index (κ2) is 5.86. The Balaban J connectivity index is 1.86. The molecule has 1 aliphatic carbocycles. The topological polar surface area (TPSA) is 46.2 Å². The van der Waals surface area contributed by atoms with E-state index in [9.17, 15) is 8.42 Å². The summed E-state index contributed by atoms with van der Waals surface area (Å²) in [5.74, 6) is 0. The highest BCUT2D eigenvalue weighted by Crippen LogP contribution is 2.26. The summed E-state index contributed by atoms with van der Waals surface area (Å²) in [5, 5.41) is 0. The van der Waals surface area contributed by atoms with Crippen molar-refractivity contribution in [3.8, 4) is 0 Å². The molecule has 2 aromatic carbocycles. The van der Waals surface area contributed by atoms with Crippen molar-refractivity contribution in [2.45, 2.75) is 44.0 Å². The van der Waals surface area contributed by atoms with E-state index in [0.29, 0.717) is 4.90 Å². The number of hydrogen-bond acceptors (Lipinski definition) is 2. The molecule has 0 saturated heterocycles. The van der Waals surface area contributed by atoms with Crippen LogP contribution in [0.4, 0.5) is 0 Å². The quantitative estimate of drug-likeness (QED) is 0.938. The molecule has 3 nitrogen and oxygen atoms in total. The van der Waals surface area contributed by atoms with Gasteiger partial charge < -0.3 is 0 Å². The Morgan fingerprint density at radius 1 is 1.05 bits per heavy atom. The highest BCUT2D eigenvalue weighted by atomic mass is 32.2. The van der Waals surface area contributed by atoms with Gasteiger partial charge >= 0.3 is 0 Å². The zero-order valence-corrected chi connectivity index (χ0v) is 13.8. The number of hydrogen-bond donors (Lipinski definition) is 1. The number of nitrogens with one attached hydrogen (secondary N) is 1. The Labute approximate surface area is 132 Å². The Hall–Kier alpha value is -1.65. The largest absolute Gasteiger partial charge is 0.241 e. The standard InChI is InChI=1S/C18H21NO2S/c1-13-6-3-4-9-18(13)14(2)19-22(20,21)17-11-10-15-7-5-8-16(15)12-17/h3-4,6,9-12,14,19H,5,7-8H2,1-2H3. The van der Waals surface area contributed by atoms with Gasteiger partial charge in [-0.3, -0.25) is 0 Å². The molecule has 0 amide bonds. The van der Waals surface area contributed by atoms with Gasteiger partial charge in [0.15, 0.2) is 0 Å². The molecular weight excluding hydrogens is 294 g/mol. The number of rotatable bonds is 4. The van der Waals surface area contributed by atoms with Crippen molar-refractivity contribution in [2.24, 2.45) is 0 Å². The molecule has 0 saturated carbocycles. The summed E-state index contributed by atoms with van der Waals surface area (Å²) >= 11 is 0. The van der Waals surface area contributed by atoms with Gasteiger partial charge in [-0.25, -0.2) is 13.1 Å². The van der Waals surface area contributed by atoms with E-state index in [0.717, 1.165) is 30.4 Å². The summed E-state index contributed by atoms with van der Waals surface area (Å²) in [7, 11) is -3.50. The maximum absolute atomic E-state index is 12.6. The van der Waals surface area contributed by atoms with Crippen LogP contribution in [0.25, 0.3) is 0 Å². The first-order chi connectivity index (χ1) is 10.5. The van der Waals surface area contributed by atoms with Crippen LogP contribution in [0.1, 0.15) is 41.6 Å². The van der Waals surface area contributed by atoms with E-state index in [1.807, 2.05) is 50.2 Å². The normalized spacial score (nSPS) is 15.5. The van der Waals surface area contributed by atoms with E-state index in [1.165, 1.54) is 11.1 Å². The van der Waals surface area contributed by atoms with Gasteiger partial charge in [0.05, 0.1) is 4.90 Å². The Bertz CT molecular complexity index is 796. The van der Waals surface area contributed by atoms with Gasteiger partial charge in [-0.05, 0) is 67.5 Å². The zero-order valence-electron chi connectivity index (χ0n) is 13.0. The lowest BCUT2D eigenvalue weighted by Gasteiger charge is -2.17. The Morgan fingerprint density at radius 3 is 2.55 bits per heavy atom. The molecule has 0 heterocycles. The van der Waals surface area contributed by atoms with Crippen LogP contribution < -0.4 is 4.72 Å². The number of sulfonamides is 1. The van der Waals surface area contributed by atoms with Gasteiger partial charge in [0.2, 0.25) is 10.0 Å². The first-order valence-electron chi connectivity index (χ1n) is 7.67. The van der Waals surface area contributed by atoms with Crippen molar-refractivity contribution in [1.82, 2.24) is 4.72 Å². The molecular formula is C18H21NO2S. The average molecular weight is 315 g/mol. The summed E-state index contributed by atoms with van der Waals surface area (Å²) in [5.41, 5.74) is 4.55. The molecule has 0 aromatic heterocycles. The summed E-state index contributed by atoms with van der Waals surface area (Å²) in [6.07, 6.45) is 3.15. The molecule has 2 aromatic rings. The fourth-order valence-corrected chi connectivity index (χ4v) is 4.43. The summed E-state index contributed by atoms with van der Waals surface area (Å²) in [6, 6.07) is 13.1. The van der Waals surface area contributed by atoms with E-state index in [2.05, 4.69) is 4.72 Å². The summed E-state index contributed by atoms with van der Waals surface area (Å²) < 4.78 is 28.0. The third-order valence-electron chi connectivity index (χ3n) is 4.37. The van der Waals surface area contributed by atoms with E-state index < -0.39 is 10.0 Å². The van der Waals surface area contributed by atoms with Crippen molar-refractivity contribution in [3.63, 3.8) is 0 Å². The van der Waals surface area contributed by atoms with Crippen LogP contribution in [0.2, 0.25) is 0 Å². The molecule has 0 aliphatic heterocycles. The fourth-order valence-electron chi connectivity index (χ4n) is 3.15. The van der Waals surface area contributed by atoms with Crippen molar-refractivity contribution >= 4 is 10.0 Å². The van der Waals surface area contributed by atoms with Crippen LogP contribution >= 0.6 is 0 Å². The number of fused-ring (bicyclic) bond motifs is 1. The van der Waals surface area contributed by atoms with Crippen LogP contribution in [0.5, 0.6) is 0 Å². The van der Waals surface area contributed by atoms with Gasteiger partial charge in [0, 0.05) is 6.04 Å². The maximum atomic E-state index is 12.6. The van der Waals surface area contributed by atoms with Gasteiger partial charge in [0.1, 0.15) is 0 Å². The van der Waals surface area contributed by atoms with Crippen LogP contribution in [-0.4, -0.2) is 8.42 Å². The number of aryl methyl sites for hydroxylation is 3. The molecule has 1 N–H and O–H groups in total. The lowest BCUT2D eigenvalue weighted by atomic mass is 10.0. The summed E-state index contributed by atoms with van der Waals surface area (Å²) in [4.78, 5) is 0.369. The lowest BCUT2D eigenvalue weighted by Crippen LogP contribution is -2.27. The molecule has 0 radical (unpaired) electrons. The van der Waals surface area contributed by atoms with E-state index in [-0.39, 0.29) is 6.04 Å². The molecule has 1 aliphatic rings. The second-order valence-electron chi connectivity index (χ2n) is 5.98. The van der Waals surface area contributed by atoms with Crippen LogP contribution in [0, 0.1) is 6.92 Å². The van der Waals surface area contributed by atoms with Gasteiger partial charge in [-0.15, -0.1) is 0 Å². The highest BCUT2D eigenvalue weighted by molar-refractivity contribution is 7.89. The predicted molar refractivity (Wildman–Crippen MR) is 88.4 cm³/mol. The average Bonchev–Trinajstić information content (AvgIpc) is 2.94. The smallest absolute Gasteiger partial charge is 0.207 e. The Kier molecular flexibility index (Phi) is 4.06. The lowest BCUT2D eigenvalue weighted by molar-refractivity contribution is 0.566.